The Kier molecular flexibility index (Phi) is 4.92. The van der Waals surface area contributed by atoms with Crippen LogP contribution in [0.3, 0.4) is 0 Å². The Balaban J connectivity index is 1.98. The van der Waals surface area contributed by atoms with E-state index in [1.54, 1.807) is 11.7 Å². The summed E-state index contributed by atoms with van der Waals surface area (Å²) in [6, 6.07) is 7.45. The Morgan fingerprint density at radius 1 is 1.35 bits per heavy atom. The van der Waals surface area contributed by atoms with Crippen molar-refractivity contribution in [2.75, 3.05) is 6.61 Å². The monoisotopic (exact) mass is 327 g/mol. The number of rotatable bonds is 5. The van der Waals surface area contributed by atoms with Gasteiger partial charge in [0, 0.05) is 12.6 Å². The molecule has 0 spiro atoms. The van der Waals surface area contributed by atoms with Gasteiger partial charge in [0.1, 0.15) is 5.75 Å². The molecule has 1 heterocycles. The number of carbonyl (C=O) groups is 1. The first kappa shape index (κ1) is 16.9. The molecule has 0 aliphatic heterocycles. The summed E-state index contributed by atoms with van der Waals surface area (Å²) in [7, 11) is 1.76. The predicted octanol–water partition coefficient (Wildman–Crippen LogP) is 2.60. The van der Waals surface area contributed by atoms with Gasteiger partial charge in [-0.25, -0.2) is 0 Å². The Morgan fingerprint density at radius 2 is 2.09 bits per heavy atom. The van der Waals surface area contributed by atoms with Crippen LogP contribution in [0.2, 0.25) is 0 Å². The molecular formula is C15H16F3N3O2. The maximum atomic E-state index is 12.1. The number of aromatic nitrogens is 2. The van der Waals surface area contributed by atoms with E-state index in [9.17, 15) is 18.0 Å². The Bertz CT molecular complexity index is 696. The molecular weight excluding hydrogens is 311 g/mol. The van der Waals surface area contributed by atoms with E-state index >= 15 is 0 Å². The number of nitrogens with one attached hydrogen (secondary N) is 1. The topological polar surface area (TPSA) is 56.1 Å². The third-order valence-corrected chi connectivity index (χ3v) is 3.03. The normalized spacial score (nSPS) is 11.3. The number of nitrogens with zero attached hydrogens (tertiary/aromatic N) is 2. The summed E-state index contributed by atoms with van der Waals surface area (Å²) in [5.41, 5.74) is 1.88. The molecule has 1 amide bonds. The smallest absolute Gasteiger partial charge is 0.422 e. The van der Waals surface area contributed by atoms with Crippen molar-refractivity contribution in [3.8, 4) is 5.75 Å². The van der Waals surface area contributed by atoms with Crippen molar-refractivity contribution < 1.29 is 22.7 Å². The number of amides is 1. The summed E-state index contributed by atoms with van der Waals surface area (Å²) >= 11 is 0. The first-order valence-electron chi connectivity index (χ1n) is 6.82. The highest BCUT2D eigenvalue weighted by molar-refractivity contribution is 5.94. The zero-order valence-corrected chi connectivity index (χ0v) is 12.6. The maximum Gasteiger partial charge on any atom is 0.422 e. The summed E-state index contributed by atoms with van der Waals surface area (Å²) in [6.45, 7) is 0.711. The van der Waals surface area contributed by atoms with Crippen molar-refractivity contribution in [3.05, 3.63) is 47.3 Å². The average molecular weight is 327 g/mol. The fourth-order valence-electron chi connectivity index (χ4n) is 1.99. The van der Waals surface area contributed by atoms with E-state index in [2.05, 4.69) is 15.2 Å². The lowest BCUT2D eigenvalue weighted by atomic mass is 10.2. The van der Waals surface area contributed by atoms with Crippen molar-refractivity contribution in [1.82, 2.24) is 15.1 Å². The number of benzene rings is 1. The summed E-state index contributed by atoms with van der Waals surface area (Å²) in [4.78, 5) is 12.1. The van der Waals surface area contributed by atoms with Gasteiger partial charge >= 0.3 is 6.18 Å². The van der Waals surface area contributed by atoms with E-state index in [1.165, 1.54) is 24.3 Å². The number of aryl methyl sites for hydroxylation is 2. The largest absolute Gasteiger partial charge is 0.484 e. The number of ether oxygens (including phenoxy) is 1. The van der Waals surface area contributed by atoms with Crippen LogP contribution in [0.15, 0.2) is 30.3 Å². The molecule has 0 radical (unpaired) electrons. The number of hydrogen-bond acceptors (Lipinski definition) is 3. The van der Waals surface area contributed by atoms with Gasteiger partial charge in [0.15, 0.2) is 6.61 Å². The van der Waals surface area contributed by atoms with Crippen molar-refractivity contribution in [2.45, 2.75) is 19.6 Å². The van der Waals surface area contributed by atoms with E-state index in [0.29, 0.717) is 0 Å². The van der Waals surface area contributed by atoms with Crippen LogP contribution < -0.4 is 10.1 Å². The average Bonchev–Trinajstić information content (AvgIpc) is 2.80. The number of halogens is 3. The molecule has 0 aliphatic rings. The summed E-state index contributed by atoms with van der Waals surface area (Å²) < 4.78 is 42.7. The van der Waals surface area contributed by atoms with Crippen LogP contribution in [0.4, 0.5) is 13.2 Å². The molecule has 2 aromatic rings. The van der Waals surface area contributed by atoms with Crippen LogP contribution in [-0.2, 0) is 13.6 Å². The molecule has 23 heavy (non-hydrogen) atoms. The van der Waals surface area contributed by atoms with Crippen molar-refractivity contribution in [3.63, 3.8) is 0 Å². The van der Waals surface area contributed by atoms with Crippen LogP contribution in [0.25, 0.3) is 0 Å². The van der Waals surface area contributed by atoms with Gasteiger partial charge in [0.2, 0.25) is 0 Å². The van der Waals surface area contributed by atoms with Crippen LogP contribution >= 0.6 is 0 Å². The fraction of sp³-hybridized carbons (Fsp3) is 0.333. The molecule has 0 fully saturated rings. The summed E-state index contributed by atoms with van der Waals surface area (Å²) in [5, 5.41) is 6.85. The van der Waals surface area contributed by atoms with Gasteiger partial charge in [-0.2, -0.15) is 18.3 Å². The van der Waals surface area contributed by atoms with E-state index < -0.39 is 18.7 Å². The molecule has 0 atom stereocenters. The van der Waals surface area contributed by atoms with Crippen molar-refractivity contribution in [2.24, 2.45) is 7.05 Å². The quantitative estimate of drug-likeness (QED) is 0.918. The summed E-state index contributed by atoms with van der Waals surface area (Å²) in [5.74, 6) is -0.410. The number of hydrogen-bond donors (Lipinski definition) is 1. The van der Waals surface area contributed by atoms with E-state index in [4.69, 9.17) is 0 Å². The van der Waals surface area contributed by atoms with Gasteiger partial charge in [-0.1, -0.05) is 6.07 Å². The van der Waals surface area contributed by atoms with Gasteiger partial charge < -0.3 is 10.1 Å². The lowest BCUT2D eigenvalue weighted by molar-refractivity contribution is -0.153. The minimum Gasteiger partial charge on any atom is -0.484 e. The zero-order valence-electron chi connectivity index (χ0n) is 12.6. The lowest BCUT2D eigenvalue weighted by Gasteiger charge is -2.10. The van der Waals surface area contributed by atoms with E-state index in [1.807, 2.05) is 13.0 Å². The molecule has 5 nitrogen and oxygen atoms in total. The zero-order chi connectivity index (χ0) is 17.0. The van der Waals surface area contributed by atoms with Gasteiger partial charge in [-0.05, 0) is 31.2 Å². The second-order valence-electron chi connectivity index (χ2n) is 5.02. The van der Waals surface area contributed by atoms with Crippen molar-refractivity contribution in [1.29, 1.82) is 0 Å². The van der Waals surface area contributed by atoms with Gasteiger partial charge in [0.05, 0.1) is 17.9 Å². The molecule has 1 N–H and O–H groups in total. The minimum absolute atomic E-state index is 0.00801. The minimum atomic E-state index is -4.42. The standard InChI is InChI=1S/C15H16F3N3O2/c1-10-6-12(21(2)20-10)8-19-14(22)11-4-3-5-13(7-11)23-9-15(16,17)18/h3-7H,8-9H2,1-2H3,(H,19,22). The molecule has 124 valence electrons. The molecule has 2 rings (SSSR count). The molecule has 0 aliphatic carbocycles. The number of carbonyl (C=O) groups excluding carboxylic acids is 1. The van der Waals surface area contributed by atoms with E-state index in [-0.39, 0.29) is 17.9 Å². The fourth-order valence-corrected chi connectivity index (χ4v) is 1.99. The summed E-state index contributed by atoms with van der Waals surface area (Å²) in [6.07, 6.45) is -4.42. The van der Waals surface area contributed by atoms with Crippen LogP contribution in [0, 0.1) is 6.92 Å². The predicted molar refractivity (Wildman–Crippen MR) is 77.1 cm³/mol. The van der Waals surface area contributed by atoms with Crippen molar-refractivity contribution >= 4 is 5.91 Å². The Morgan fingerprint density at radius 3 is 2.70 bits per heavy atom. The first-order valence-corrected chi connectivity index (χ1v) is 6.82. The molecule has 0 saturated carbocycles. The highest BCUT2D eigenvalue weighted by Crippen LogP contribution is 2.19. The molecule has 0 bridgehead atoms. The van der Waals surface area contributed by atoms with Gasteiger partial charge in [0.25, 0.3) is 5.91 Å². The molecule has 0 saturated heterocycles. The molecule has 1 aromatic heterocycles. The third kappa shape index (κ3) is 5.01. The SMILES string of the molecule is Cc1cc(CNC(=O)c2cccc(OCC(F)(F)F)c2)n(C)n1. The second kappa shape index (κ2) is 6.72. The molecule has 1 aromatic carbocycles. The number of alkyl halides is 3. The lowest BCUT2D eigenvalue weighted by Crippen LogP contribution is -2.24. The highest BCUT2D eigenvalue weighted by Gasteiger charge is 2.28. The molecule has 8 heteroatoms. The maximum absolute atomic E-state index is 12.1. The third-order valence-electron chi connectivity index (χ3n) is 3.03. The van der Waals surface area contributed by atoms with Crippen LogP contribution in [-0.4, -0.2) is 28.5 Å². The molecule has 0 unspecified atom stereocenters. The van der Waals surface area contributed by atoms with Crippen LogP contribution in [0.5, 0.6) is 5.75 Å². The Hall–Kier alpha value is -2.51. The first-order chi connectivity index (χ1) is 10.7. The highest BCUT2D eigenvalue weighted by atomic mass is 19.4. The Labute approximate surface area is 131 Å². The van der Waals surface area contributed by atoms with Gasteiger partial charge in [-0.3, -0.25) is 9.48 Å². The van der Waals surface area contributed by atoms with Gasteiger partial charge in [-0.15, -0.1) is 0 Å². The second-order valence-corrected chi connectivity index (χ2v) is 5.02. The van der Waals surface area contributed by atoms with Crippen LogP contribution in [0.1, 0.15) is 21.7 Å². The van der Waals surface area contributed by atoms with E-state index in [0.717, 1.165) is 11.4 Å².